The molecule has 0 aromatic carbocycles. The maximum Gasteiger partial charge on any atom is 0.140 e. The predicted octanol–water partition coefficient (Wildman–Crippen LogP) is 2.93. The van der Waals surface area contributed by atoms with E-state index in [0.29, 0.717) is 0 Å². The zero-order valence-electron chi connectivity index (χ0n) is 9.10. The fourth-order valence-corrected chi connectivity index (χ4v) is 2.31. The molecule has 2 heterocycles. The first-order valence-electron chi connectivity index (χ1n) is 5.22. The lowest BCUT2D eigenvalue weighted by atomic mass is 10.3. The molecule has 0 radical (unpaired) electrons. The van der Waals surface area contributed by atoms with Gasteiger partial charge in [0.15, 0.2) is 0 Å². The lowest BCUT2D eigenvalue weighted by Gasteiger charge is -2.17. The Morgan fingerprint density at radius 1 is 1.40 bits per heavy atom. The van der Waals surface area contributed by atoms with Crippen molar-refractivity contribution in [2.75, 3.05) is 18.5 Å². The molecule has 0 aliphatic carbocycles. The second kappa shape index (κ2) is 4.57. The van der Waals surface area contributed by atoms with E-state index in [1.54, 1.807) is 17.7 Å². The second-order valence-electron chi connectivity index (χ2n) is 3.61. The molecule has 0 spiro atoms. The van der Waals surface area contributed by atoms with Gasteiger partial charge in [0.25, 0.3) is 0 Å². The van der Waals surface area contributed by atoms with E-state index < -0.39 is 0 Å². The molecule has 0 saturated heterocycles. The molecule has 2 rings (SSSR count). The van der Waals surface area contributed by atoms with E-state index >= 15 is 0 Å². The van der Waals surface area contributed by atoms with Gasteiger partial charge in [0, 0.05) is 13.6 Å². The maximum atomic E-state index is 4.35. The summed E-state index contributed by atoms with van der Waals surface area (Å²) in [5, 5.41) is 3.23. The van der Waals surface area contributed by atoms with Crippen molar-refractivity contribution >= 4 is 27.4 Å². The van der Waals surface area contributed by atoms with Crippen molar-refractivity contribution in [2.45, 2.75) is 19.8 Å². The molecule has 2 aromatic rings. The minimum atomic E-state index is 1.05. The van der Waals surface area contributed by atoms with Crippen LogP contribution in [-0.4, -0.2) is 23.6 Å². The van der Waals surface area contributed by atoms with Crippen LogP contribution in [0.2, 0.25) is 0 Å². The third-order valence-corrected chi connectivity index (χ3v) is 3.27. The number of fused-ring (bicyclic) bond motifs is 1. The average Bonchev–Trinajstić information content (AvgIpc) is 2.73. The highest BCUT2D eigenvalue weighted by Gasteiger charge is 2.08. The van der Waals surface area contributed by atoms with Crippen molar-refractivity contribution in [1.82, 2.24) is 9.97 Å². The van der Waals surface area contributed by atoms with Crippen molar-refractivity contribution in [1.29, 1.82) is 0 Å². The second-order valence-corrected chi connectivity index (χ2v) is 4.51. The van der Waals surface area contributed by atoms with Crippen molar-refractivity contribution in [2.24, 2.45) is 0 Å². The van der Waals surface area contributed by atoms with E-state index in [1.807, 2.05) is 0 Å². The van der Waals surface area contributed by atoms with Crippen molar-refractivity contribution in [3.05, 3.63) is 17.8 Å². The van der Waals surface area contributed by atoms with E-state index in [2.05, 4.69) is 40.3 Å². The van der Waals surface area contributed by atoms with Crippen molar-refractivity contribution in [3.8, 4) is 0 Å². The highest BCUT2D eigenvalue weighted by molar-refractivity contribution is 7.16. The highest BCUT2D eigenvalue weighted by atomic mass is 32.1. The quantitative estimate of drug-likeness (QED) is 0.795. The molecule has 0 unspecified atom stereocenters. The molecule has 4 heteroatoms. The number of unbranched alkanes of at least 4 members (excludes halogenated alkanes) is 1. The number of hydrogen-bond donors (Lipinski definition) is 0. The van der Waals surface area contributed by atoms with E-state index in [-0.39, 0.29) is 0 Å². The summed E-state index contributed by atoms with van der Waals surface area (Å²) in [7, 11) is 2.09. The van der Waals surface area contributed by atoms with Crippen LogP contribution in [0.15, 0.2) is 17.8 Å². The Kier molecular flexibility index (Phi) is 3.16. The molecule has 0 aliphatic rings. The van der Waals surface area contributed by atoms with E-state index in [0.717, 1.165) is 17.2 Å². The number of anilines is 1. The van der Waals surface area contributed by atoms with Gasteiger partial charge in [0.1, 0.15) is 17.0 Å². The zero-order chi connectivity index (χ0) is 10.7. The third kappa shape index (κ3) is 2.09. The molecule has 0 amide bonds. The Morgan fingerprint density at radius 2 is 2.27 bits per heavy atom. The van der Waals surface area contributed by atoms with Crippen molar-refractivity contribution < 1.29 is 0 Å². The van der Waals surface area contributed by atoms with Crippen LogP contribution >= 0.6 is 11.3 Å². The van der Waals surface area contributed by atoms with Crippen LogP contribution in [0.5, 0.6) is 0 Å². The van der Waals surface area contributed by atoms with Crippen LogP contribution in [0.25, 0.3) is 10.2 Å². The van der Waals surface area contributed by atoms with Gasteiger partial charge in [0.2, 0.25) is 0 Å². The predicted molar refractivity (Wildman–Crippen MR) is 65.6 cm³/mol. The fourth-order valence-electron chi connectivity index (χ4n) is 1.58. The summed E-state index contributed by atoms with van der Waals surface area (Å²) < 4.78 is 0. The standard InChI is InChI=1S/C11H15N3S/c1-3-4-6-14(2)10-9-5-7-15-11(9)13-8-12-10/h5,7-8H,3-4,6H2,1-2H3. The van der Waals surface area contributed by atoms with Gasteiger partial charge in [-0.15, -0.1) is 11.3 Å². The Hall–Kier alpha value is -1.16. The Bertz CT molecular complexity index is 438. The molecule has 0 fully saturated rings. The van der Waals surface area contributed by atoms with E-state index in [9.17, 15) is 0 Å². The van der Waals surface area contributed by atoms with Gasteiger partial charge < -0.3 is 4.90 Å². The van der Waals surface area contributed by atoms with Crippen LogP contribution in [0.4, 0.5) is 5.82 Å². The fraction of sp³-hybridized carbons (Fsp3) is 0.455. The number of hydrogen-bond acceptors (Lipinski definition) is 4. The Morgan fingerprint density at radius 3 is 3.07 bits per heavy atom. The van der Waals surface area contributed by atoms with Gasteiger partial charge in [-0.3, -0.25) is 0 Å². The molecular formula is C11H15N3S. The van der Waals surface area contributed by atoms with E-state index in [1.165, 1.54) is 18.2 Å². The first-order chi connectivity index (χ1) is 7.33. The lowest BCUT2D eigenvalue weighted by molar-refractivity contribution is 0.761. The molecule has 0 saturated carbocycles. The van der Waals surface area contributed by atoms with Gasteiger partial charge in [-0.2, -0.15) is 0 Å². The largest absolute Gasteiger partial charge is 0.359 e. The summed E-state index contributed by atoms with van der Waals surface area (Å²) in [6, 6.07) is 2.10. The molecule has 15 heavy (non-hydrogen) atoms. The maximum absolute atomic E-state index is 4.35. The summed E-state index contributed by atoms with van der Waals surface area (Å²) >= 11 is 1.66. The summed E-state index contributed by atoms with van der Waals surface area (Å²) in [4.78, 5) is 11.9. The highest BCUT2D eigenvalue weighted by Crippen LogP contribution is 2.25. The number of nitrogens with zero attached hydrogens (tertiary/aromatic N) is 3. The Labute approximate surface area is 93.8 Å². The van der Waals surface area contributed by atoms with Crippen molar-refractivity contribution in [3.63, 3.8) is 0 Å². The van der Waals surface area contributed by atoms with Crippen LogP contribution < -0.4 is 4.90 Å². The van der Waals surface area contributed by atoms with Crippen LogP contribution in [0, 0.1) is 0 Å². The zero-order valence-corrected chi connectivity index (χ0v) is 9.92. The van der Waals surface area contributed by atoms with E-state index in [4.69, 9.17) is 0 Å². The Balaban J connectivity index is 2.29. The SMILES string of the molecule is CCCCN(C)c1ncnc2sccc12. The van der Waals surface area contributed by atoms with Gasteiger partial charge in [-0.1, -0.05) is 13.3 Å². The summed E-state index contributed by atoms with van der Waals surface area (Å²) in [5.41, 5.74) is 0. The molecule has 80 valence electrons. The normalized spacial score (nSPS) is 10.8. The topological polar surface area (TPSA) is 29.0 Å². The molecule has 0 bridgehead atoms. The van der Waals surface area contributed by atoms with Crippen LogP contribution in [0.3, 0.4) is 0 Å². The molecule has 0 atom stereocenters. The van der Waals surface area contributed by atoms with Crippen LogP contribution in [-0.2, 0) is 0 Å². The first-order valence-corrected chi connectivity index (χ1v) is 6.10. The van der Waals surface area contributed by atoms with Crippen LogP contribution in [0.1, 0.15) is 19.8 Å². The molecule has 0 N–H and O–H groups in total. The molecule has 3 nitrogen and oxygen atoms in total. The first kappa shape index (κ1) is 10.4. The minimum Gasteiger partial charge on any atom is -0.359 e. The summed E-state index contributed by atoms with van der Waals surface area (Å²) in [6.45, 7) is 3.26. The van der Waals surface area contributed by atoms with Gasteiger partial charge in [-0.25, -0.2) is 9.97 Å². The smallest absolute Gasteiger partial charge is 0.140 e. The number of thiophene rings is 1. The van der Waals surface area contributed by atoms with Gasteiger partial charge >= 0.3 is 0 Å². The lowest BCUT2D eigenvalue weighted by Crippen LogP contribution is -2.19. The third-order valence-electron chi connectivity index (χ3n) is 2.45. The summed E-state index contributed by atoms with van der Waals surface area (Å²) in [6.07, 6.45) is 4.06. The number of aromatic nitrogens is 2. The molecule has 0 aliphatic heterocycles. The van der Waals surface area contributed by atoms with Gasteiger partial charge in [0.05, 0.1) is 5.39 Å². The minimum absolute atomic E-state index is 1.05. The average molecular weight is 221 g/mol. The molecule has 2 aromatic heterocycles. The monoisotopic (exact) mass is 221 g/mol. The van der Waals surface area contributed by atoms with Gasteiger partial charge in [-0.05, 0) is 17.9 Å². The summed E-state index contributed by atoms with van der Waals surface area (Å²) in [5.74, 6) is 1.05. The molecular weight excluding hydrogens is 206 g/mol. The number of rotatable bonds is 4.